The summed E-state index contributed by atoms with van der Waals surface area (Å²) in [5.74, 6) is 0.427. The van der Waals surface area contributed by atoms with Crippen molar-refractivity contribution >= 4 is 0 Å². The smallest absolute Gasteiger partial charge is 0.115 e. The van der Waals surface area contributed by atoms with Gasteiger partial charge in [-0.05, 0) is 28.9 Å². The Hall–Kier alpha value is -0.760. The molecule has 0 aromatic carbocycles. The van der Waals surface area contributed by atoms with Crippen molar-refractivity contribution in [2.75, 3.05) is 7.11 Å². The van der Waals surface area contributed by atoms with Gasteiger partial charge in [0.25, 0.3) is 0 Å². The quantitative estimate of drug-likeness (QED) is 0.740. The molecule has 1 atom stereocenters. The highest BCUT2D eigenvalue weighted by Crippen LogP contribution is 2.44. The number of aliphatic hydroxyl groups is 1. The fourth-order valence-corrected chi connectivity index (χ4v) is 2.60. The largest absolute Gasteiger partial charge is 0.508 e. The molecule has 2 heteroatoms. The van der Waals surface area contributed by atoms with Gasteiger partial charge in [0.2, 0.25) is 0 Å². The fraction of sp³-hybridized carbons (Fsp3) is 0.733. The lowest BCUT2D eigenvalue weighted by Crippen LogP contribution is -2.32. The van der Waals surface area contributed by atoms with E-state index in [-0.39, 0.29) is 16.9 Å². The molecule has 0 aromatic rings. The van der Waals surface area contributed by atoms with E-state index in [1.54, 1.807) is 7.11 Å². The van der Waals surface area contributed by atoms with E-state index in [0.717, 1.165) is 12.0 Å². The van der Waals surface area contributed by atoms with Gasteiger partial charge in [-0.2, -0.15) is 0 Å². The third-order valence-corrected chi connectivity index (χ3v) is 3.22. The summed E-state index contributed by atoms with van der Waals surface area (Å²) in [7, 11) is 1.74. The monoisotopic (exact) mass is 238 g/mol. The Morgan fingerprint density at radius 1 is 1.12 bits per heavy atom. The van der Waals surface area contributed by atoms with Crippen LogP contribution < -0.4 is 0 Å². The van der Waals surface area contributed by atoms with Gasteiger partial charge >= 0.3 is 0 Å². The van der Waals surface area contributed by atoms with Crippen LogP contribution in [0.25, 0.3) is 0 Å². The summed E-state index contributed by atoms with van der Waals surface area (Å²) in [5, 5.41) is 10.2. The maximum atomic E-state index is 10.2. The topological polar surface area (TPSA) is 29.5 Å². The normalized spacial score (nSPS) is 22.8. The van der Waals surface area contributed by atoms with Crippen LogP contribution in [0.5, 0.6) is 0 Å². The summed E-state index contributed by atoms with van der Waals surface area (Å²) < 4.78 is 5.59. The van der Waals surface area contributed by atoms with Gasteiger partial charge in [-0.1, -0.05) is 41.5 Å². The zero-order valence-electron chi connectivity index (χ0n) is 12.2. The highest BCUT2D eigenvalue weighted by atomic mass is 16.5. The molecule has 2 nitrogen and oxygen atoms in total. The molecule has 0 spiro atoms. The molecular weight excluding hydrogens is 212 g/mol. The lowest BCUT2D eigenvalue weighted by molar-refractivity contribution is 0.109. The van der Waals surface area contributed by atoms with Crippen molar-refractivity contribution < 1.29 is 9.84 Å². The molecule has 0 saturated carbocycles. The Bertz CT molecular complexity index is 348. The van der Waals surface area contributed by atoms with Gasteiger partial charge in [0.15, 0.2) is 0 Å². The van der Waals surface area contributed by atoms with Gasteiger partial charge < -0.3 is 9.84 Å². The molecule has 98 valence electrons. The number of rotatable bonds is 1. The van der Waals surface area contributed by atoms with Crippen molar-refractivity contribution in [3.05, 3.63) is 23.0 Å². The Labute approximate surface area is 105 Å². The predicted molar refractivity (Wildman–Crippen MR) is 72.1 cm³/mol. The lowest BCUT2D eigenvalue weighted by Gasteiger charge is -2.39. The standard InChI is InChI=1S/C15H26O2/c1-14(2,3)12-10(16)8-9-11(17-7)13(12)15(4,5)6/h8,11,16H,9H2,1-7H3. The van der Waals surface area contributed by atoms with Crippen LogP contribution in [0, 0.1) is 10.8 Å². The second-order valence-corrected chi connectivity index (χ2v) is 6.84. The SMILES string of the molecule is COC1CC=C(O)C(C(C)(C)C)=C1C(C)(C)C. The Morgan fingerprint density at radius 2 is 1.65 bits per heavy atom. The minimum Gasteiger partial charge on any atom is -0.508 e. The molecule has 0 aromatic heterocycles. The molecule has 1 rings (SSSR count). The maximum absolute atomic E-state index is 10.2. The van der Waals surface area contributed by atoms with Crippen molar-refractivity contribution in [1.29, 1.82) is 0 Å². The fourth-order valence-electron chi connectivity index (χ4n) is 2.60. The number of hydrogen-bond acceptors (Lipinski definition) is 2. The van der Waals surface area contributed by atoms with Gasteiger partial charge in [0.1, 0.15) is 5.76 Å². The van der Waals surface area contributed by atoms with E-state index in [9.17, 15) is 5.11 Å². The predicted octanol–water partition coefficient (Wildman–Crippen LogP) is 4.24. The van der Waals surface area contributed by atoms with Crippen molar-refractivity contribution in [1.82, 2.24) is 0 Å². The maximum Gasteiger partial charge on any atom is 0.115 e. The third kappa shape index (κ3) is 2.92. The average molecular weight is 238 g/mol. The first-order valence-corrected chi connectivity index (χ1v) is 6.26. The summed E-state index contributed by atoms with van der Waals surface area (Å²) in [6.07, 6.45) is 2.72. The molecule has 1 aliphatic rings. The first-order chi connectivity index (χ1) is 7.59. The van der Waals surface area contributed by atoms with Crippen molar-refractivity contribution in [3.63, 3.8) is 0 Å². The van der Waals surface area contributed by atoms with Crippen LogP contribution in [0.3, 0.4) is 0 Å². The Morgan fingerprint density at radius 3 is 2.00 bits per heavy atom. The van der Waals surface area contributed by atoms with Gasteiger partial charge in [-0.15, -0.1) is 0 Å². The van der Waals surface area contributed by atoms with E-state index in [4.69, 9.17) is 4.74 Å². The molecule has 0 heterocycles. The van der Waals surface area contributed by atoms with Crippen LogP contribution in [0.1, 0.15) is 48.0 Å². The van der Waals surface area contributed by atoms with Gasteiger partial charge in [-0.25, -0.2) is 0 Å². The van der Waals surface area contributed by atoms with Crippen LogP contribution in [0.15, 0.2) is 23.0 Å². The Balaban J connectivity index is 3.45. The first kappa shape index (κ1) is 14.3. The molecular formula is C15H26O2. The molecule has 17 heavy (non-hydrogen) atoms. The summed E-state index contributed by atoms with van der Waals surface area (Å²) in [4.78, 5) is 0. The van der Waals surface area contributed by atoms with Crippen LogP contribution in [0.4, 0.5) is 0 Å². The number of allylic oxidation sites excluding steroid dienone is 1. The average Bonchev–Trinajstić information content (AvgIpc) is 2.13. The highest BCUT2D eigenvalue weighted by Gasteiger charge is 2.36. The van der Waals surface area contributed by atoms with Crippen LogP contribution in [-0.2, 0) is 4.74 Å². The van der Waals surface area contributed by atoms with Crippen molar-refractivity contribution in [3.8, 4) is 0 Å². The second-order valence-electron chi connectivity index (χ2n) is 6.84. The van der Waals surface area contributed by atoms with E-state index in [0.29, 0.717) is 5.76 Å². The van der Waals surface area contributed by atoms with Gasteiger partial charge in [-0.3, -0.25) is 0 Å². The van der Waals surface area contributed by atoms with Crippen LogP contribution in [-0.4, -0.2) is 18.3 Å². The molecule has 1 aliphatic carbocycles. The first-order valence-electron chi connectivity index (χ1n) is 6.26. The lowest BCUT2D eigenvalue weighted by atomic mass is 9.69. The van der Waals surface area contributed by atoms with Gasteiger partial charge in [0, 0.05) is 12.7 Å². The van der Waals surface area contributed by atoms with Crippen LogP contribution in [0.2, 0.25) is 0 Å². The molecule has 1 unspecified atom stereocenters. The third-order valence-electron chi connectivity index (χ3n) is 3.22. The number of aliphatic hydroxyl groups excluding tert-OH is 1. The molecule has 1 N–H and O–H groups in total. The van der Waals surface area contributed by atoms with E-state index in [1.165, 1.54) is 5.57 Å². The summed E-state index contributed by atoms with van der Waals surface area (Å²) in [5.41, 5.74) is 2.21. The summed E-state index contributed by atoms with van der Waals surface area (Å²) >= 11 is 0. The molecule has 0 saturated heterocycles. The minimum absolute atomic E-state index is 0.00549. The van der Waals surface area contributed by atoms with Crippen LogP contribution >= 0.6 is 0 Å². The molecule has 0 amide bonds. The zero-order chi connectivity index (χ0) is 13.4. The second kappa shape index (κ2) is 4.49. The van der Waals surface area contributed by atoms with E-state index < -0.39 is 0 Å². The van der Waals surface area contributed by atoms with Crippen molar-refractivity contribution in [2.24, 2.45) is 10.8 Å². The molecule has 0 fully saturated rings. The molecule has 0 aliphatic heterocycles. The summed E-state index contributed by atoms with van der Waals surface area (Å²) in [6, 6.07) is 0. The van der Waals surface area contributed by atoms with Gasteiger partial charge in [0.05, 0.1) is 6.10 Å². The summed E-state index contributed by atoms with van der Waals surface area (Å²) in [6.45, 7) is 12.9. The number of ether oxygens (including phenoxy) is 1. The zero-order valence-corrected chi connectivity index (χ0v) is 12.2. The van der Waals surface area contributed by atoms with E-state index >= 15 is 0 Å². The molecule has 0 bridgehead atoms. The Kier molecular flexibility index (Phi) is 3.78. The van der Waals surface area contributed by atoms with E-state index in [1.807, 2.05) is 6.08 Å². The molecule has 0 radical (unpaired) electrons. The minimum atomic E-state index is -0.0691. The van der Waals surface area contributed by atoms with Crippen molar-refractivity contribution in [2.45, 2.75) is 54.1 Å². The number of methoxy groups -OCH3 is 1. The van der Waals surface area contributed by atoms with E-state index in [2.05, 4.69) is 41.5 Å². The highest BCUT2D eigenvalue weighted by molar-refractivity contribution is 5.42. The number of hydrogen-bond donors (Lipinski definition) is 1.